The van der Waals surface area contributed by atoms with Crippen LogP contribution >= 0.6 is 11.6 Å². The number of halogens is 1. The molecule has 12 heteroatoms. The van der Waals surface area contributed by atoms with E-state index in [-0.39, 0.29) is 27.8 Å². The predicted molar refractivity (Wildman–Crippen MR) is 163 cm³/mol. The SMILES string of the molecule is COc1cnc2c(c1)c(-c1cc(Cl)nc(NC3CCC(NC(=O)OC(C)(C)C)CC3)c1)cn2S(=O)(=O)c1ccccc1. The topological polar surface area (TPSA) is 124 Å². The third-order valence-corrected chi connectivity index (χ3v) is 8.89. The monoisotopic (exact) mass is 611 g/mol. The van der Waals surface area contributed by atoms with Crippen molar-refractivity contribution >= 4 is 44.6 Å². The van der Waals surface area contributed by atoms with Crippen molar-refractivity contribution in [1.29, 1.82) is 0 Å². The number of anilines is 1. The highest BCUT2D eigenvalue weighted by Crippen LogP contribution is 2.36. The number of carbonyl (C=O) groups excluding carboxylic acids is 1. The van der Waals surface area contributed by atoms with Crippen LogP contribution in [0.25, 0.3) is 22.2 Å². The van der Waals surface area contributed by atoms with Gasteiger partial charge in [0.15, 0.2) is 5.65 Å². The van der Waals surface area contributed by atoms with Crippen molar-refractivity contribution in [2.75, 3.05) is 12.4 Å². The second-order valence-corrected chi connectivity index (χ2v) is 13.5. The van der Waals surface area contributed by atoms with Crippen LogP contribution in [0.15, 0.2) is 65.8 Å². The molecule has 1 saturated carbocycles. The highest BCUT2D eigenvalue weighted by atomic mass is 35.5. The van der Waals surface area contributed by atoms with E-state index in [0.29, 0.717) is 28.1 Å². The van der Waals surface area contributed by atoms with Crippen molar-refractivity contribution in [2.45, 2.75) is 69.0 Å². The molecule has 4 aromatic rings. The molecule has 42 heavy (non-hydrogen) atoms. The summed E-state index contributed by atoms with van der Waals surface area (Å²) in [5, 5.41) is 7.29. The molecule has 10 nitrogen and oxygen atoms in total. The van der Waals surface area contributed by atoms with E-state index in [1.807, 2.05) is 26.8 Å². The number of fused-ring (bicyclic) bond motifs is 1. The summed E-state index contributed by atoms with van der Waals surface area (Å²) in [5.41, 5.74) is 1.03. The van der Waals surface area contributed by atoms with Crippen LogP contribution in [0, 0.1) is 0 Å². The first-order valence-corrected chi connectivity index (χ1v) is 15.5. The molecule has 0 atom stereocenters. The fourth-order valence-electron chi connectivity index (χ4n) is 5.08. The van der Waals surface area contributed by atoms with E-state index in [1.54, 1.807) is 48.7 Å². The van der Waals surface area contributed by atoms with Crippen LogP contribution in [0.2, 0.25) is 5.15 Å². The number of methoxy groups -OCH3 is 1. The third kappa shape index (κ3) is 6.63. The minimum Gasteiger partial charge on any atom is -0.495 e. The largest absolute Gasteiger partial charge is 0.495 e. The van der Waals surface area contributed by atoms with Gasteiger partial charge in [-0.3, -0.25) is 0 Å². The van der Waals surface area contributed by atoms with E-state index in [4.69, 9.17) is 21.1 Å². The number of pyridine rings is 2. The van der Waals surface area contributed by atoms with Gasteiger partial charge in [0.1, 0.15) is 22.3 Å². The van der Waals surface area contributed by atoms with Gasteiger partial charge in [0, 0.05) is 29.2 Å². The highest BCUT2D eigenvalue weighted by molar-refractivity contribution is 7.90. The van der Waals surface area contributed by atoms with E-state index in [0.717, 1.165) is 25.7 Å². The summed E-state index contributed by atoms with van der Waals surface area (Å²) in [6.07, 6.45) is 5.87. The Kier molecular flexibility index (Phi) is 8.34. The number of nitrogens with zero attached hydrogens (tertiary/aromatic N) is 3. The molecule has 1 aliphatic rings. The molecule has 222 valence electrons. The number of amides is 1. The third-order valence-electron chi connectivity index (χ3n) is 7.03. The molecule has 0 unspecified atom stereocenters. The lowest BCUT2D eigenvalue weighted by molar-refractivity contribution is 0.0492. The summed E-state index contributed by atoms with van der Waals surface area (Å²) in [5.74, 6) is 1.07. The first kappa shape index (κ1) is 29.7. The quantitative estimate of drug-likeness (QED) is 0.235. The summed E-state index contributed by atoms with van der Waals surface area (Å²) >= 11 is 6.48. The molecule has 0 spiro atoms. The smallest absolute Gasteiger partial charge is 0.407 e. The Morgan fingerprint density at radius 2 is 1.74 bits per heavy atom. The zero-order valence-corrected chi connectivity index (χ0v) is 25.5. The summed E-state index contributed by atoms with van der Waals surface area (Å²) in [7, 11) is -2.40. The van der Waals surface area contributed by atoms with Gasteiger partial charge in [-0.15, -0.1) is 0 Å². The van der Waals surface area contributed by atoms with Crippen molar-refractivity contribution in [3.8, 4) is 16.9 Å². The van der Waals surface area contributed by atoms with Crippen LogP contribution in [0.1, 0.15) is 46.5 Å². The van der Waals surface area contributed by atoms with Crippen LogP contribution < -0.4 is 15.4 Å². The van der Waals surface area contributed by atoms with Crippen LogP contribution in [0.4, 0.5) is 10.6 Å². The molecule has 0 bridgehead atoms. The Morgan fingerprint density at radius 1 is 1.05 bits per heavy atom. The normalized spacial score (nSPS) is 17.5. The highest BCUT2D eigenvalue weighted by Gasteiger charge is 2.26. The molecule has 1 aliphatic carbocycles. The minimum atomic E-state index is -3.93. The van der Waals surface area contributed by atoms with Gasteiger partial charge in [0.2, 0.25) is 0 Å². The summed E-state index contributed by atoms with van der Waals surface area (Å²) in [6, 6.07) is 13.7. The van der Waals surface area contributed by atoms with E-state index >= 15 is 0 Å². The molecule has 2 N–H and O–H groups in total. The minimum absolute atomic E-state index is 0.0426. The first-order valence-electron chi connectivity index (χ1n) is 13.7. The Bertz CT molecular complexity index is 1690. The fourth-order valence-corrected chi connectivity index (χ4v) is 6.64. The number of benzene rings is 1. The summed E-state index contributed by atoms with van der Waals surface area (Å²) in [6.45, 7) is 5.52. The van der Waals surface area contributed by atoms with Gasteiger partial charge in [-0.25, -0.2) is 27.2 Å². The maximum absolute atomic E-state index is 13.6. The van der Waals surface area contributed by atoms with E-state index in [2.05, 4.69) is 20.6 Å². The standard InChI is InChI=1S/C30H34ClN5O5S/c1-30(2,3)41-29(37)34-21-12-10-20(11-13-21)33-27-15-19(14-26(31)35-27)25-18-36(28-24(25)16-22(40-4)17-32-28)42(38,39)23-8-6-5-7-9-23/h5-9,14-18,20-21H,10-13H2,1-4H3,(H,33,35)(H,34,37). The maximum Gasteiger partial charge on any atom is 0.407 e. The van der Waals surface area contributed by atoms with Crippen molar-refractivity contribution in [3.63, 3.8) is 0 Å². The lowest BCUT2D eigenvalue weighted by Gasteiger charge is -2.30. The van der Waals surface area contributed by atoms with Crippen molar-refractivity contribution < 1.29 is 22.7 Å². The number of alkyl carbamates (subject to hydrolysis) is 1. The fraction of sp³-hybridized carbons (Fsp3) is 0.367. The molecule has 0 saturated heterocycles. The summed E-state index contributed by atoms with van der Waals surface area (Å²) in [4.78, 5) is 21.2. The second kappa shape index (κ2) is 11.8. The maximum atomic E-state index is 13.6. The molecule has 3 aromatic heterocycles. The Balaban J connectivity index is 1.41. The average Bonchev–Trinajstić information content (AvgIpc) is 3.33. The zero-order valence-electron chi connectivity index (χ0n) is 23.9. The number of ether oxygens (including phenoxy) is 2. The first-order chi connectivity index (χ1) is 19.9. The van der Waals surface area contributed by atoms with Crippen LogP contribution in [0.5, 0.6) is 5.75 Å². The van der Waals surface area contributed by atoms with Crippen molar-refractivity contribution in [2.24, 2.45) is 0 Å². The van der Waals surface area contributed by atoms with Crippen LogP contribution in [-0.2, 0) is 14.8 Å². The number of nitrogens with one attached hydrogen (secondary N) is 2. The van der Waals surface area contributed by atoms with Crippen LogP contribution in [-0.4, -0.2) is 53.2 Å². The Morgan fingerprint density at radius 3 is 2.40 bits per heavy atom. The molecule has 1 fully saturated rings. The van der Waals surface area contributed by atoms with Gasteiger partial charge in [-0.05, 0) is 82.3 Å². The van der Waals surface area contributed by atoms with Crippen molar-refractivity contribution in [1.82, 2.24) is 19.3 Å². The number of hydrogen-bond donors (Lipinski definition) is 2. The van der Waals surface area contributed by atoms with Gasteiger partial charge >= 0.3 is 6.09 Å². The second-order valence-electron chi connectivity index (χ2n) is 11.3. The zero-order chi connectivity index (χ0) is 30.1. The number of aromatic nitrogens is 3. The lowest BCUT2D eigenvalue weighted by atomic mass is 9.91. The molecule has 0 aliphatic heterocycles. The molecule has 3 heterocycles. The summed E-state index contributed by atoms with van der Waals surface area (Å²) < 4.78 is 39.2. The van der Waals surface area contributed by atoms with Gasteiger partial charge < -0.3 is 20.1 Å². The average molecular weight is 612 g/mol. The predicted octanol–water partition coefficient (Wildman–Crippen LogP) is 6.25. The number of carbonyl (C=O) groups is 1. The number of rotatable bonds is 7. The number of hydrogen-bond acceptors (Lipinski definition) is 8. The van der Waals surface area contributed by atoms with Gasteiger partial charge in [-0.2, -0.15) is 0 Å². The Labute approximate surface area is 250 Å². The van der Waals surface area contributed by atoms with E-state index < -0.39 is 21.7 Å². The van der Waals surface area contributed by atoms with Crippen molar-refractivity contribution in [3.05, 3.63) is 66.1 Å². The van der Waals surface area contributed by atoms with E-state index in [1.165, 1.54) is 17.3 Å². The van der Waals surface area contributed by atoms with Gasteiger partial charge in [0.05, 0.1) is 18.2 Å². The molecular formula is C30H34ClN5O5S. The Hall–Kier alpha value is -3.83. The van der Waals surface area contributed by atoms with Gasteiger partial charge in [-0.1, -0.05) is 29.8 Å². The molecule has 5 rings (SSSR count). The van der Waals surface area contributed by atoms with Gasteiger partial charge in [0.25, 0.3) is 10.0 Å². The molecule has 1 amide bonds. The van der Waals surface area contributed by atoms with Crippen LogP contribution in [0.3, 0.4) is 0 Å². The van der Waals surface area contributed by atoms with E-state index in [9.17, 15) is 13.2 Å². The molecule has 0 radical (unpaired) electrons. The molecule has 1 aromatic carbocycles. The lowest BCUT2D eigenvalue weighted by Crippen LogP contribution is -2.42. The molecular weight excluding hydrogens is 578 g/mol.